The molecular weight excluding hydrogens is 390 g/mol. The van der Waals surface area contributed by atoms with E-state index in [0.717, 1.165) is 53.2 Å². The van der Waals surface area contributed by atoms with Crippen molar-refractivity contribution in [2.24, 2.45) is 0 Å². The van der Waals surface area contributed by atoms with Crippen LogP contribution in [0, 0.1) is 0 Å². The normalized spacial score (nSPS) is 14.4. The molecule has 31 heavy (non-hydrogen) atoms. The van der Waals surface area contributed by atoms with Gasteiger partial charge < -0.3 is 9.84 Å². The first kappa shape index (κ1) is 19.5. The third kappa shape index (κ3) is 3.96. The molecule has 0 aliphatic carbocycles. The summed E-state index contributed by atoms with van der Waals surface area (Å²) in [6.45, 7) is 3.38. The molecule has 0 bridgehead atoms. The summed E-state index contributed by atoms with van der Waals surface area (Å²) in [5.41, 5.74) is 4.38. The second kappa shape index (κ2) is 8.35. The fraction of sp³-hybridized carbons (Fsp3) is 0.292. The Labute approximate surface area is 180 Å². The van der Waals surface area contributed by atoms with Crippen LogP contribution < -0.4 is 4.74 Å². The van der Waals surface area contributed by atoms with Crippen LogP contribution >= 0.6 is 0 Å². The van der Waals surface area contributed by atoms with E-state index in [9.17, 15) is 5.11 Å². The van der Waals surface area contributed by atoms with E-state index >= 15 is 0 Å². The molecule has 5 rings (SSSR count). The zero-order valence-corrected chi connectivity index (χ0v) is 17.5. The number of likely N-dealkylation sites (tertiary alicyclic amines) is 1. The van der Waals surface area contributed by atoms with Crippen LogP contribution in [0.25, 0.3) is 22.2 Å². The molecule has 0 spiro atoms. The number of rotatable bonds is 6. The van der Waals surface area contributed by atoms with Crippen molar-refractivity contribution in [1.82, 2.24) is 24.9 Å². The van der Waals surface area contributed by atoms with Gasteiger partial charge in [0.15, 0.2) is 0 Å². The van der Waals surface area contributed by atoms with Gasteiger partial charge >= 0.3 is 0 Å². The van der Waals surface area contributed by atoms with Gasteiger partial charge in [-0.25, -0.2) is 0 Å². The van der Waals surface area contributed by atoms with E-state index in [1.807, 2.05) is 36.4 Å². The molecule has 0 radical (unpaired) electrons. The average molecular weight is 415 g/mol. The molecule has 2 aromatic carbocycles. The van der Waals surface area contributed by atoms with Crippen LogP contribution in [-0.4, -0.2) is 50.2 Å². The van der Waals surface area contributed by atoms with Gasteiger partial charge in [0.1, 0.15) is 22.7 Å². The summed E-state index contributed by atoms with van der Waals surface area (Å²) in [5.74, 6) is 1.09. The van der Waals surface area contributed by atoms with Crippen LogP contribution in [0.5, 0.6) is 11.5 Å². The average Bonchev–Trinajstić information content (AvgIpc) is 3.49. The lowest BCUT2D eigenvalue weighted by molar-refractivity contribution is 0.324. The molecule has 1 fully saturated rings. The lowest BCUT2D eigenvalue weighted by Gasteiger charge is -2.18. The molecule has 0 saturated carbocycles. The summed E-state index contributed by atoms with van der Waals surface area (Å²) >= 11 is 0. The fourth-order valence-corrected chi connectivity index (χ4v) is 4.21. The number of fused-ring (bicyclic) bond motifs is 1. The summed E-state index contributed by atoms with van der Waals surface area (Å²) < 4.78 is 5.23. The van der Waals surface area contributed by atoms with E-state index < -0.39 is 0 Å². The first-order valence-corrected chi connectivity index (χ1v) is 10.6. The van der Waals surface area contributed by atoms with E-state index in [2.05, 4.69) is 26.1 Å². The summed E-state index contributed by atoms with van der Waals surface area (Å²) in [5, 5.41) is 20.9. The summed E-state index contributed by atoms with van der Waals surface area (Å²) in [7, 11) is 1.65. The number of hydrogen-bond donors (Lipinski definition) is 1. The third-order valence-electron chi connectivity index (χ3n) is 5.86. The van der Waals surface area contributed by atoms with Gasteiger partial charge in [-0.15, -0.1) is 0 Å². The van der Waals surface area contributed by atoms with Crippen molar-refractivity contribution in [3.8, 4) is 22.8 Å². The number of aromatic hydroxyl groups is 1. The Kier molecular flexibility index (Phi) is 5.26. The minimum Gasteiger partial charge on any atom is -0.505 e. The zero-order valence-electron chi connectivity index (χ0n) is 17.5. The SMILES string of the molecule is COc1ccc(-c2cnn(Cc3cc(CN4CCCC4)c(O)c4ncccc34)n2)cc1. The van der Waals surface area contributed by atoms with Crippen molar-refractivity contribution >= 4 is 10.9 Å². The molecule has 0 atom stereocenters. The lowest BCUT2D eigenvalue weighted by Crippen LogP contribution is -2.18. The van der Waals surface area contributed by atoms with Crippen molar-refractivity contribution in [2.75, 3.05) is 20.2 Å². The minimum atomic E-state index is 0.276. The van der Waals surface area contributed by atoms with Gasteiger partial charge in [-0.2, -0.15) is 15.0 Å². The highest BCUT2D eigenvalue weighted by molar-refractivity contribution is 5.88. The number of phenolic OH excluding ortho intramolecular Hbond substituents is 1. The second-order valence-electron chi connectivity index (χ2n) is 7.91. The van der Waals surface area contributed by atoms with Gasteiger partial charge in [-0.1, -0.05) is 6.07 Å². The number of aromatic nitrogens is 4. The standard InChI is InChI=1S/C24H25N5O2/c1-31-20-8-6-17(7-9-20)22-14-26-29(27-22)16-18-13-19(15-28-11-2-3-12-28)24(30)23-21(18)5-4-10-25-23/h4-10,13-14,30H,2-3,11-12,15-16H2,1H3. The third-order valence-corrected chi connectivity index (χ3v) is 5.86. The molecule has 1 N–H and O–H groups in total. The van der Waals surface area contributed by atoms with Crippen LogP contribution in [0.4, 0.5) is 0 Å². The molecule has 7 nitrogen and oxygen atoms in total. The monoisotopic (exact) mass is 415 g/mol. The molecule has 1 aliphatic heterocycles. The zero-order chi connectivity index (χ0) is 21.2. The molecule has 4 aromatic rings. The van der Waals surface area contributed by atoms with Gasteiger partial charge in [-0.05, 0) is 67.9 Å². The Morgan fingerprint density at radius 1 is 1.03 bits per heavy atom. The van der Waals surface area contributed by atoms with Gasteiger partial charge in [0.05, 0.1) is 19.9 Å². The molecule has 158 valence electrons. The Morgan fingerprint density at radius 2 is 1.84 bits per heavy atom. The van der Waals surface area contributed by atoms with E-state index in [0.29, 0.717) is 12.1 Å². The molecule has 2 aromatic heterocycles. The van der Waals surface area contributed by atoms with Crippen molar-refractivity contribution < 1.29 is 9.84 Å². The van der Waals surface area contributed by atoms with Gasteiger partial charge in [-0.3, -0.25) is 9.88 Å². The maximum atomic E-state index is 10.9. The van der Waals surface area contributed by atoms with Crippen LogP contribution in [0.3, 0.4) is 0 Å². The largest absolute Gasteiger partial charge is 0.505 e. The number of ether oxygens (including phenoxy) is 1. The summed E-state index contributed by atoms with van der Waals surface area (Å²) in [6.07, 6.45) is 5.92. The molecule has 7 heteroatoms. The molecule has 0 unspecified atom stereocenters. The highest BCUT2D eigenvalue weighted by Gasteiger charge is 2.18. The Hall–Kier alpha value is -3.45. The number of pyridine rings is 1. The Bertz CT molecular complexity index is 1200. The van der Waals surface area contributed by atoms with Gasteiger partial charge in [0.25, 0.3) is 0 Å². The quantitative estimate of drug-likeness (QED) is 0.515. The highest BCUT2D eigenvalue weighted by Crippen LogP contribution is 2.32. The summed E-state index contributed by atoms with van der Waals surface area (Å²) in [6, 6.07) is 13.7. The number of hydrogen-bond acceptors (Lipinski definition) is 6. The van der Waals surface area contributed by atoms with Gasteiger partial charge in [0, 0.05) is 29.3 Å². The number of methoxy groups -OCH3 is 1. The maximum Gasteiger partial charge on any atom is 0.146 e. The fourth-order valence-electron chi connectivity index (χ4n) is 4.21. The van der Waals surface area contributed by atoms with Crippen molar-refractivity contribution in [3.05, 3.63) is 66.0 Å². The van der Waals surface area contributed by atoms with E-state index in [1.54, 1.807) is 24.3 Å². The van der Waals surface area contributed by atoms with Crippen LogP contribution in [0.2, 0.25) is 0 Å². The molecule has 0 amide bonds. The number of benzene rings is 2. The lowest BCUT2D eigenvalue weighted by atomic mass is 10.0. The van der Waals surface area contributed by atoms with E-state index in [-0.39, 0.29) is 5.75 Å². The van der Waals surface area contributed by atoms with E-state index in [1.165, 1.54) is 12.8 Å². The maximum absolute atomic E-state index is 10.9. The number of nitrogens with zero attached hydrogens (tertiary/aromatic N) is 5. The topological polar surface area (TPSA) is 76.3 Å². The first-order valence-electron chi connectivity index (χ1n) is 10.6. The van der Waals surface area contributed by atoms with Crippen LogP contribution in [-0.2, 0) is 13.1 Å². The first-order chi connectivity index (χ1) is 15.2. The van der Waals surface area contributed by atoms with Crippen molar-refractivity contribution in [1.29, 1.82) is 0 Å². The number of phenols is 1. The predicted octanol–water partition coefficient (Wildman–Crippen LogP) is 3.85. The van der Waals surface area contributed by atoms with E-state index in [4.69, 9.17) is 4.74 Å². The summed E-state index contributed by atoms with van der Waals surface area (Å²) in [4.78, 5) is 8.53. The Morgan fingerprint density at radius 3 is 2.61 bits per heavy atom. The Balaban J connectivity index is 1.47. The highest BCUT2D eigenvalue weighted by atomic mass is 16.5. The molecule has 3 heterocycles. The minimum absolute atomic E-state index is 0.276. The van der Waals surface area contributed by atoms with Gasteiger partial charge in [0.2, 0.25) is 0 Å². The van der Waals surface area contributed by atoms with Crippen LogP contribution in [0.1, 0.15) is 24.0 Å². The predicted molar refractivity (Wildman–Crippen MR) is 119 cm³/mol. The molecule has 1 saturated heterocycles. The smallest absolute Gasteiger partial charge is 0.146 e. The van der Waals surface area contributed by atoms with Crippen LogP contribution in [0.15, 0.2) is 54.9 Å². The molecular formula is C24H25N5O2. The van der Waals surface area contributed by atoms with Crippen molar-refractivity contribution in [2.45, 2.75) is 25.9 Å². The second-order valence-corrected chi connectivity index (χ2v) is 7.91. The van der Waals surface area contributed by atoms with Crippen molar-refractivity contribution in [3.63, 3.8) is 0 Å². The molecule has 1 aliphatic rings.